The molecule has 0 aliphatic heterocycles. The minimum absolute atomic E-state index is 0.0141. The second kappa shape index (κ2) is 12.6. The normalized spacial score (nSPS) is 13.4. The van der Waals surface area contributed by atoms with Crippen LogP contribution in [0, 0.1) is 0 Å². The maximum absolute atomic E-state index is 13.3. The van der Waals surface area contributed by atoms with Crippen LogP contribution in [0.25, 0.3) is 0 Å². The number of rotatable bonds is 14. The van der Waals surface area contributed by atoms with Gasteiger partial charge in [0.25, 0.3) is 0 Å². The molecular formula is C17H27F8NO3S. The summed E-state index contributed by atoms with van der Waals surface area (Å²) in [6.07, 6.45) is 2.78. The van der Waals surface area contributed by atoms with Gasteiger partial charge in [-0.15, -0.1) is 13.2 Å². The highest BCUT2D eigenvalue weighted by molar-refractivity contribution is 7.87. The highest BCUT2D eigenvalue weighted by atomic mass is 32.2. The molecule has 0 amide bonds. The molecule has 0 fully saturated rings. The van der Waals surface area contributed by atoms with Crippen molar-refractivity contribution in [2.45, 2.75) is 68.5 Å². The minimum Gasteiger partial charge on any atom is -0.310 e. The largest absolute Gasteiger partial charge is 0.438 e. The Balaban J connectivity index is 0. The SMILES string of the molecule is C=CCNCC=C.CCCCCCCC(F)(F)C(F)(F)C(F)(F)C(F)(F)S(=O)(=O)O. The molecule has 0 atom stereocenters. The zero-order chi connectivity index (χ0) is 24.3. The summed E-state index contributed by atoms with van der Waals surface area (Å²) in [5.74, 6) is -19.3. The fraction of sp³-hybridized carbons (Fsp3) is 0.765. The summed E-state index contributed by atoms with van der Waals surface area (Å²) < 4.78 is 133. The molecule has 0 aromatic heterocycles. The van der Waals surface area contributed by atoms with E-state index in [1.807, 2.05) is 12.2 Å². The third-order valence-electron chi connectivity index (χ3n) is 3.71. The first-order valence-corrected chi connectivity index (χ1v) is 10.3. The van der Waals surface area contributed by atoms with Crippen LogP contribution < -0.4 is 5.32 Å². The van der Waals surface area contributed by atoms with Crippen LogP contribution in [0.2, 0.25) is 0 Å². The van der Waals surface area contributed by atoms with E-state index < -0.39 is 46.0 Å². The topological polar surface area (TPSA) is 66.4 Å². The molecule has 0 saturated carbocycles. The second-order valence-corrected chi connectivity index (χ2v) is 7.71. The van der Waals surface area contributed by atoms with E-state index in [1.165, 1.54) is 0 Å². The van der Waals surface area contributed by atoms with Crippen LogP contribution in [0.15, 0.2) is 25.3 Å². The molecular weight excluding hydrogens is 450 g/mol. The van der Waals surface area contributed by atoms with E-state index in [-0.39, 0.29) is 6.42 Å². The maximum Gasteiger partial charge on any atom is 0.438 e. The van der Waals surface area contributed by atoms with Crippen LogP contribution in [-0.4, -0.2) is 49.1 Å². The molecule has 0 radical (unpaired) electrons. The Kier molecular flexibility index (Phi) is 13.0. The Labute approximate surface area is 171 Å². The Morgan fingerprint density at radius 2 is 1.27 bits per heavy atom. The second-order valence-electron chi connectivity index (χ2n) is 6.24. The molecule has 0 saturated heterocycles. The van der Waals surface area contributed by atoms with E-state index in [4.69, 9.17) is 4.55 Å². The third kappa shape index (κ3) is 8.14. The van der Waals surface area contributed by atoms with Crippen LogP contribution in [0.1, 0.15) is 45.4 Å². The molecule has 180 valence electrons. The summed E-state index contributed by atoms with van der Waals surface area (Å²) in [7, 11) is -7.03. The smallest absolute Gasteiger partial charge is 0.310 e. The Morgan fingerprint density at radius 3 is 1.63 bits per heavy atom. The van der Waals surface area contributed by atoms with E-state index in [0.717, 1.165) is 13.1 Å². The highest BCUT2D eigenvalue weighted by Gasteiger charge is 2.84. The Hall–Kier alpha value is -1.21. The van der Waals surface area contributed by atoms with E-state index in [9.17, 15) is 43.5 Å². The van der Waals surface area contributed by atoms with Gasteiger partial charge in [-0.05, 0) is 6.42 Å². The lowest BCUT2D eigenvalue weighted by Crippen LogP contribution is -2.64. The van der Waals surface area contributed by atoms with Crippen molar-refractivity contribution in [2.75, 3.05) is 13.1 Å². The van der Waals surface area contributed by atoms with Crippen LogP contribution in [0.5, 0.6) is 0 Å². The van der Waals surface area contributed by atoms with Crippen LogP contribution >= 0.6 is 0 Å². The molecule has 0 bridgehead atoms. The number of hydrogen-bond donors (Lipinski definition) is 2. The lowest BCUT2D eigenvalue weighted by molar-refractivity contribution is -0.349. The molecule has 0 heterocycles. The summed E-state index contributed by atoms with van der Waals surface area (Å²) in [4.78, 5) is 0. The van der Waals surface area contributed by atoms with Gasteiger partial charge in [-0.2, -0.15) is 43.5 Å². The van der Waals surface area contributed by atoms with Gasteiger partial charge < -0.3 is 5.32 Å². The average Bonchev–Trinajstić information content (AvgIpc) is 2.61. The van der Waals surface area contributed by atoms with Crippen molar-refractivity contribution < 1.29 is 48.1 Å². The van der Waals surface area contributed by atoms with Gasteiger partial charge >= 0.3 is 33.1 Å². The highest BCUT2D eigenvalue weighted by Crippen LogP contribution is 2.55. The summed E-state index contributed by atoms with van der Waals surface area (Å²) >= 11 is 0. The van der Waals surface area contributed by atoms with E-state index >= 15 is 0 Å². The predicted molar refractivity (Wildman–Crippen MR) is 98.0 cm³/mol. The van der Waals surface area contributed by atoms with Gasteiger partial charge in [0.2, 0.25) is 0 Å². The fourth-order valence-corrected chi connectivity index (χ4v) is 2.42. The average molecular weight is 477 g/mol. The van der Waals surface area contributed by atoms with Crippen molar-refractivity contribution in [3.8, 4) is 0 Å². The van der Waals surface area contributed by atoms with Crippen LogP contribution in [0.3, 0.4) is 0 Å². The zero-order valence-corrected chi connectivity index (χ0v) is 17.2. The molecule has 0 spiro atoms. The zero-order valence-electron chi connectivity index (χ0n) is 16.4. The van der Waals surface area contributed by atoms with Crippen molar-refractivity contribution in [1.29, 1.82) is 0 Å². The number of hydrogen-bond acceptors (Lipinski definition) is 3. The first-order chi connectivity index (χ1) is 13.5. The monoisotopic (exact) mass is 477 g/mol. The van der Waals surface area contributed by atoms with Gasteiger partial charge in [-0.1, -0.05) is 44.8 Å². The molecule has 0 aliphatic rings. The molecule has 0 rings (SSSR count). The number of alkyl halides is 8. The van der Waals surface area contributed by atoms with Crippen molar-refractivity contribution in [1.82, 2.24) is 5.32 Å². The van der Waals surface area contributed by atoms with Gasteiger partial charge in [-0.25, -0.2) is 0 Å². The summed E-state index contributed by atoms with van der Waals surface area (Å²) in [5.41, 5.74) is 0. The first-order valence-electron chi connectivity index (χ1n) is 8.88. The van der Waals surface area contributed by atoms with E-state index in [1.54, 1.807) is 6.92 Å². The summed E-state index contributed by atoms with van der Waals surface area (Å²) in [6, 6.07) is 0. The third-order valence-corrected chi connectivity index (χ3v) is 4.62. The van der Waals surface area contributed by atoms with Crippen LogP contribution in [0.4, 0.5) is 35.1 Å². The maximum atomic E-state index is 13.3. The van der Waals surface area contributed by atoms with Crippen molar-refractivity contribution in [2.24, 2.45) is 0 Å². The molecule has 30 heavy (non-hydrogen) atoms. The van der Waals surface area contributed by atoms with Gasteiger partial charge in [-0.3, -0.25) is 4.55 Å². The molecule has 0 aromatic rings. The van der Waals surface area contributed by atoms with E-state index in [2.05, 4.69) is 18.5 Å². The molecule has 13 heteroatoms. The van der Waals surface area contributed by atoms with Gasteiger partial charge in [0.1, 0.15) is 0 Å². The van der Waals surface area contributed by atoms with Gasteiger partial charge in [0, 0.05) is 19.5 Å². The summed E-state index contributed by atoms with van der Waals surface area (Å²) in [6.45, 7) is 10.6. The molecule has 0 aliphatic carbocycles. The lowest BCUT2D eigenvalue weighted by Gasteiger charge is -2.35. The standard InChI is InChI=1S/C11H16F8O3S.C6H11N/c1-2-3-4-5-6-7-8(12,13)9(14,15)10(16,17)11(18,19)23(20,21)22;1-3-5-7-6-4-2/h2-7H2,1H3,(H,20,21,22);3-4,7H,1-2,5-6H2. The van der Waals surface area contributed by atoms with Gasteiger partial charge in [0.05, 0.1) is 0 Å². The first kappa shape index (κ1) is 31.0. The molecule has 4 nitrogen and oxygen atoms in total. The van der Waals surface area contributed by atoms with Gasteiger partial charge in [0.15, 0.2) is 0 Å². The summed E-state index contributed by atoms with van der Waals surface area (Å²) in [5, 5.41) is -3.72. The minimum atomic E-state index is -7.03. The number of unbranched alkanes of at least 4 members (excludes halogenated alkanes) is 4. The molecule has 0 aromatic carbocycles. The predicted octanol–water partition coefficient (Wildman–Crippen LogP) is 5.68. The Bertz CT molecular complexity index is 616. The van der Waals surface area contributed by atoms with Crippen molar-refractivity contribution >= 4 is 10.1 Å². The molecule has 0 unspecified atom stereocenters. The Morgan fingerprint density at radius 1 is 0.833 bits per heavy atom. The van der Waals surface area contributed by atoms with Crippen LogP contribution in [-0.2, 0) is 10.1 Å². The van der Waals surface area contributed by atoms with Crippen molar-refractivity contribution in [3.63, 3.8) is 0 Å². The quantitative estimate of drug-likeness (QED) is 0.146. The number of halogens is 8. The fourth-order valence-electron chi connectivity index (χ4n) is 1.97. The van der Waals surface area contributed by atoms with Crippen molar-refractivity contribution in [3.05, 3.63) is 25.3 Å². The number of nitrogens with one attached hydrogen (secondary N) is 1. The van der Waals surface area contributed by atoms with E-state index in [0.29, 0.717) is 19.3 Å². The lowest BCUT2D eigenvalue weighted by atomic mass is 9.98. The molecule has 2 N–H and O–H groups in total.